The summed E-state index contributed by atoms with van der Waals surface area (Å²) < 4.78 is 2.88. The van der Waals surface area contributed by atoms with Crippen LogP contribution < -0.4 is 15.8 Å². The molecule has 27 heavy (non-hydrogen) atoms. The van der Waals surface area contributed by atoms with Crippen LogP contribution in [0.25, 0.3) is 5.78 Å². The summed E-state index contributed by atoms with van der Waals surface area (Å²) in [5.74, 6) is 0.646. The van der Waals surface area contributed by atoms with Gasteiger partial charge in [0.25, 0.3) is 17.2 Å². The molecule has 0 radical (unpaired) electrons. The molecule has 3 aromatic heterocycles. The SMILES string of the molecule is Cc1ccn2c(C(=O)NC[C@@H]3CCN(c4cnn(C)c(=O)c4)C3)nnc2n1. The van der Waals surface area contributed by atoms with Crippen molar-refractivity contribution in [3.05, 3.63) is 46.4 Å². The molecule has 0 unspecified atom stereocenters. The molecule has 1 aliphatic heterocycles. The minimum Gasteiger partial charge on any atom is -0.370 e. The van der Waals surface area contributed by atoms with E-state index in [0.717, 1.165) is 30.9 Å². The minimum absolute atomic E-state index is 0.133. The van der Waals surface area contributed by atoms with Crippen LogP contribution >= 0.6 is 0 Å². The number of nitrogens with zero attached hydrogens (tertiary/aromatic N) is 7. The van der Waals surface area contributed by atoms with Crippen molar-refractivity contribution < 1.29 is 4.79 Å². The Bertz CT molecular complexity index is 1060. The van der Waals surface area contributed by atoms with Gasteiger partial charge in [-0.3, -0.25) is 14.0 Å². The molecular formula is C17H20N8O2. The molecule has 1 fully saturated rings. The van der Waals surface area contributed by atoms with Gasteiger partial charge in [0.1, 0.15) is 0 Å². The number of anilines is 1. The van der Waals surface area contributed by atoms with Gasteiger partial charge in [0.15, 0.2) is 0 Å². The lowest BCUT2D eigenvalue weighted by molar-refractivity contribution is 0.0936. The summed E-state index contributed by atoms with van der Waals surface area (Å²) in [5, 5.41) is 14.9. The summed E-state index contributed by atoms with van der Waals surface area (Å²) in [6, 6.07) is 3.39. The van der Waals surface area contributed by atoms with E-state index in [4.69, 9.17) is 0 Å². The van der Waals surface area contributed by atoms with E-state index >= 15 is 0 Å². The van der Waals surface area contributed by atoms with Gasteiger partial charge in [-0.15, -0.1) is 10.2 Å². The highest BCUT2D eigenvalue weighted by molar-refractivity contribution is 5.91. The molecule has 0 spiro atoms. The normalized spacial score (nSPS) is 16.8. The minimum atomic E-state index is -0.276. The topological polar surface area (TPSA) is 110 Å². The smallest absolute Gasteiger partial charge is 0.289 e. The number of hydrogen-bond acceptors (Lipinski definition) is 7. The summed E-state index contributed by atoms with van der Waals surface area (Å²) in [4.78, 5) is 30.6. The van der Waals surface area contributed by atoms with Gasteiger partial charge in [0, 0.05) is 44.6 Å². The number of amides is 1. The van der Waals surface area contributed by atoms with Crippen molar-refractivity contribution in [2.75, 3.05) is 24.5 Å². The van der Waals surface area contributed by atoms with Crippen LogP contribution in [0.15, 0.2) is 29.3 Å². The van der Waals surface area contributed by atoms with E-state index < -0.39 is 0 Å². The quantitative estimate of drug-likeness (QED) is 0.678. The first-order valence-electron chi connectivity index (χ1n) is 8.76. The van der Waals surface area contributed by atoms with E-state index in [-0.39, 0.29) is 23.2 Å². The van der Waals surface area contributed by atoms with Crippen molar-refractivity contribution in [1.82, 2.24) is 34.7 Å². The maximum absolute atomic E-state index is 12.5. The van der Waals surface area contributed by atoms with Crippen molar-refractivity contribution >= 4 is 17.4 Å². The zero-order chi connectivity index (χ0) is 19.0. The van der Waals surface area contributed by atoms with Crippen LogP contribution in [-0.4, -0.2) is 54.9 Å². The lowest BCUT2D eigenvalue weighted by atomic mass is 10.1. The highest BCUT2D eigenvalue weighted by Crippen LogP contribution is 2.21. The molecule has 1 atom stereocenters. The van der Waals surface area contributed by atoms with Gasteiger partial charge in [-0.05, 0) is 25.3 Å². The molecule has 4 rings (SSSR count). The second-order valence-electron chi connectivity index (χ2n) is 6.75. The number of carbonyl (C=O) groups is 1. The van der Waals surface area contributed by atoms with Crippen LogP contribution in [0.5, 0.6) is 0 Å². The first-order chi connectivity index (χ1) is 13.0. The summed E-state index contributed by atoms with van der Waals surface area (Å²) in [6.07, 6.45) is 4.36. The fraction of sp³-hybridized carbons (Fsp3) is 0.412. The number of carbonyl (C=O) groups excluding carboxylic acids is 1. The predicted molar refractivity (Wildman–Crippen MR) is 97.7 cm³/mol. The lowest BCUT2D eigenvalue weighted by Crippen LogP contribution is -2.32. The standard InChI is InChI=1S/C17H20N8O2/c1-11-3-6-25-15(21-22-17(25)20-11)16(27)18-8-12-4-5-24(10-12)13-7-14(26)23(2)19-9-13/h3,6-7,9,12H,4-5,8,10H2,1-2H3,(H,18,27)/t12-/m0/s1. The van der Waals surface area contributed by atoms with Gasteiger partial charge in [0.05, 0.1) is 11.9 Å². The van der Waals surface area contributed by atoms with E-state index in [9.17, 15) is 9.59 Å². The molecule has 0 aromatic carbocycles. The number of aryl methyl sites for hydroxylation is 2. The van der Waals surface area contributed by atoms with Crippen LogP contribution in [0.3, 0.4) is 0 Å². The molecule has 4 heterocycles. The molecule has 0 saturated carbocycles. The maximum atomic E-state index is 12.5. The zero-order valence-electron chi connectivity index (χ0n) is 15.2. The number of fused-ring (bicyclic) bond motifs is 1. The van der Waals surface area contributed by atoms with Crippen molar-refractivity contribution in [2.24, 2.45) is 13.0 Å². The van der Waals surface area contributed by atoms with Gasteiger partial charge in [-0.2, -0.15) is 5.10 Å². The maximum Gasteiger partial charge on any atom is 0.289 e. The highest BCUT2D eigenvalue weighted by atomic mass is 16.2. The van der Waals surface area contributed by atoms with Crippen LogP contribution in [0.2, 0.25) is 0 Å². The fourth-order valence-electron chi connectivity index (χ4n) is 3.21. The Hall–Kier alpha value is -3.30. The third-order valence-electron chi connectivity index (χ3n) is 4.78. The first kappa shape index (κ1) is 17.1. The molecule has 1 N–H and O–H groups in total. The van der Waals surface area contributed by atoms with Crippen LogP contribution in [0, 0.1) is 12.8 Å². The third-order valence-corrected chi connectivity index (χ3v) is 4.78. The van der Waals surface area contributed by atoms with Crippen molar-refractivity contribution in [2.45, 2.75) is 13.3 Å². The average molecular weight is 368 g/mol. The molecule has 10 nitrogen and oxygen atoms in total. The summed E-state index contributed by atoms with van der Waals surface area (Å²) >= 11 is 0. The number of hydrogen-bond donors (Lipinski definition) is 1. The second kappa shape index (κ2) is 6.78. The van der Waals surface area contributed by atoms with E-state index in [2.05, 4.69) is 30.5 Å². The van der Waals surface area contributed by atoms with Gasteiger partial charge >= 0.3 is 0 Å². The average Bonchev–Trinajstić information content (AvgIpc) is 3.28. The Labute approximate surface area is 154 Å². The van der Waals surface area contributed by atoms with Gasteiger partial charge in [-0.1, -0.05) is 0 Å². The summed E-state index contributed by atoms with van der Waals surface area (Å²) in [5.41, 5.74) is 1.50. The summed E-state index contributed by atoms with van der Waals surface area (Å²) in [6.45, 7) is 3.98. The Morgan fingerprint density at radius 2 is 2.22 bits per heavy atom. The van der Waals surface area contributed by atoms with Gasteiger partial charge < -0.3 is 10.2 Å². The number of rotatable bonds is 4. The first-order valence-corrected chi connectivity index (χ1v) is 8.76. The molecule has 0 bridgehead atoms. The van der Waals surface area contributed by atoms with Gasteiger partial charge in [-0.25, -0.2) is 9.67 Å². The van der Waals surface area contributed by atoms with Gasteiger partial charge in [0.2, 0.25) is 5.82 Å². The molecular weight excluding hydrogens is 348 g/mol. The molecule has 140 valence electrons. The largest absolute Gasteiger partial charge is 0.370 e. The van der Waals surface area contributed by atoms with Crippen LogP contribution in [-0.2, 0) is 7.05 Å². The van der Waals surface area contributed by atoms with E-state index in [1.807, 2.05) is 6.92 Å². The van der Waals surface area contributed by atoms with Crippen LogP contribution in [0.4, 0.5) is 5.69 Å². The summed E-state index contributed by atoms with van der Waals surface area (Å²) in [7, 11) is 1.62. The lowest BCUT2D eigenvalue weighted by Gasteiger charge is -2.18. The Morgan fingerprint density at radius 1 is 1.37 bits per heavy atom. The van der Waals surface area contributed by atoms with Crippen molar-refractivity contribution in [1.29, 1.82) is 0 Å². The number of nitrogens with one attached hydrogen (secondary N) is 1. The second-order valence-corrected chi connectivity index (χ2v) is 6.75. The molecule has 1 amide bonds. The van der Waals surface area contributed by atoms with E-state index in [1.54, 1.807) is 36.0 Å². The predicted octanol–water partition coefficient (Wildman–Crippen LogP) is -0.217. The van der Waals surface area contributed by atoms with Crippen molar-refractivity contribution in [3.63, 3.8) is 0 Å². The van der Waals surface area contributed by atoms with Crippen molar-refractivity contribution in [3.8, 4) is 0 Å². The van der Waals surface area contributed by atoms with E-state index in [0.29, 0.717) is 12.3 Å². The molecule has 10 heteroatoms. The molecule has 0 aliphatic carbocycles. The third kappa shape index (κ3) is 3.37. The zero-order valence-corrected chi connectivity index (χ0v) is 15.2. The van der Waals surface area contributed by atoms with E-state index in [1.165, 1.54) is 4.68 Å². The Kier molecular flexibility index (Phi) is 4.30. The molecule has 3 aromatic rings. The molecule has 1 aliphatic rings. The Morgan fingerprint density at radius 3 is 3.04 bits per heavy atom. The number of aromatic nitrogens is 6. The molecule has 1 saturated heterocycles. The highest BCUT2D eigenvalue weighted by Gasteiger charge is 2.24. The monoisotopic (exact) mass is 368 g/mol. The fourth-order valence-corrected chi connectivity index (χ4v) is 3.21. The Balaban J connectivity index is 1.38. The van der Waals surface area contributed by atoms with Crippen LogP contribution in [0.1, 0.15) is 22.7 Å².